The summed E-state index contributed by atoms with van der Waals surface area (Å²) in [5, 5.41) is 6.80. The number of alkyl halides is 3. The van der Waals surface area contributed by atoms with E-state index in [0.29, 0.717) is 17.3 Å². The van der Waals surface area contributed by atoms with E-state index in [0.717, 1.165) is 41.6 Å². The van der Waals surface area contributed by atoms with Gasteiger partial charge in [0.1, 0.15) is 18.2 Å². The van der Waals surface area contributed by atoms with Crippen LogP contribution in [0.5, 0.6) is 0 Å². The van der Waals surface area contributed by atoms with Gasteiger partial charge in [-0.05, 0) is 32.6 Å². The molecule has 0 spiro atoms. The summed E-state index contributed by atoms with van der Waals surface area (Å²) in [7, 11) is 0. The number of hydrogen-bond donors (Lipinski definition) is 1. The zero-order chi connectivity index (χ0) is 15.7. The third-order valence-corrected chi connectivity index (χ3v) is 3.53. The van der Waals surface area contributed by atoms with Gasteiger partial charge in [0.15, 0.2) is 0 Å². The molecule has 0 fully saturated rings. The summed E-state index contributed by atoms with van der Waals surface area (Å²) >= 11 is 0. The fourth-order valence-electron chi connectivity index (χ4n) is 2.66. The van der Waals surface area contributed by atoms with Crippen molar-refractivity contribution in [2.75, 3.05) is 5.32 Å². The molecule has 1 aliphatic rings. The lowest BCUT2D eigenvalue weighted by Crippen LogP contribution is -2.17. The second kappa shape index (κ2) is 5.58. The molecule has 1 N–H and O–H groups in total. The Hall–Kier alpha value is -2.12. The predicted octanol–water partition coefficient (Wildman–Crippen LogP) is 3.17. The van der Waals surface area contributed by atoms with Gasteiger partial charge in [0.2, 0.25) is 0 Å². The summed E-state index contributed by atoms with van der Waals surface area (Å²) in [4.78, 5) is 8.83. The fourth-order valence-corrected chi connectivity index (χ4v) is 2.66. The van der Waals surface area contributed by atoms with Crippen LogP contribution >= 0.6 is 0 Å². The molecular weight excluding hydrogens is 295 g/mol. The van der Waals surface area contributed by atoms with Gasteiger partial charge in [-0.25, -0.2) is 9.97 Å². The van der Waals surface area contributed by atoms with Gasteiger partial charge < -0.3 is 5.32 Å². The highest BCUT2D eigenvalue weighted by molar-refractivity contribution is 5.59. The molecule has 2 aromatic rings. The first-order chi connectivity index (χ1) is 10.4. The van der Waals surface area contributed by atoms with Gasteiger partial charge in [-0.2, -0.15) is 18.3 Å². The van der Waals surface area contributed by atoms with Crippen LogP contribution in [0.15, 0.2) is 12.4 Å². The van der Waals surface area contributed by atoms with Gasteiger partial charge in [-0.15, -0.1) is 0 Å². The first-order valence-corrected chi connectivity index (χ1v) is 7.13. The van der Waals surface area contributed by atoms with E-state index in [2.05, 4.69) is 20.4 Å². The molecule has 8 heteroatoms. The Morgan fingerprint density at radius 2 is 2.00 bits per heavy atom. The summed E-state index contributed by atoms with van der Waals surface area (Å²) in [6.07, 6.45) is 2.40. The van der Waals surface area contributed by atoms with Crippen molar-refractivity contribution in [3.63, 3.8) is 0 Å². The zero-order valence-corrected chi connectivity index (χ0v) is 12.1. The van der Waals surface area contributed by atoms with Crippen molar-refractivity contribution in [2.45, 2.75) is 45.3 Å². The number of nitrogens with one attached hydrogen (secondary N) is 1. The molecule has 0 aliphatic heterocycles. The van der Waals surface area contributed by atoms with Crippen LogP contribution in [0.3, 0.4) is 0 Å². The molecule has 0 amide bonds. The summed E-state index contributed by atoms with van der Waals surface area (Å²) in [6, 6.07) is 0. The number of anilines is 2. The lowest BCUT2D eigenvalue weighted by atomic mass is 9.96. The number of rotatable bonds is 3. The van der Waals surface area contributed by atoms with E-state index >= 15 is 0 Å². The second-order valence-electron chi connectivity index (χ2n) is 5.42. The highest BCUT2D eigenvalue weighted by atomic mass is 19.4. The lowest BCUT2D eigenvalue weighted by molar-refractivity contribution is -0.142. The van der Waals surface area contributed by atoms with E-state index in [1.54, 1.807) is 0 Å². The minimum Gasteiger partial charge on any atom is -0.337 e. The van der Waals surface area contributed by atoms with Crippen molar-refractivity contribution in [1.29, 1.82) is 0 Å². The average Bonchev–Trinajstić information content (AvgIpc) is 2.83. The van der Waals surface area contributed by atoms with E-state index in [4.69, 9.17) is 0 Å². The number of aromatic nitrogens is 4. The standard InChI is InChI=1S/C14H16F3N5/c1-9-19-12-5-3-2-4-11(12)13(20-9)21-10-6-18-22(7-10)8-14(15,16)17/h6-7H,2-5,8H2,1H3,(H,19,20,21). The molecule has 22 heavy (non-hydrogen) atoms. The van der Waals surface area contributed by atoms with Crippen molar-refractivity contribution in [3.8, 4) is 0 Å². The maximum atomic E-state index is 12.4. The quantitative estimate of drug-likeness (QED) is 0.946. The summed E-state index contributed by atoms with van der Waals surface area (Å²) in [5.74, 6) is 1.33. The highest BCUT2D eigenvalue weighted by Gasteiger charge is 2.28. The molecule has 0 radical (unpaired) electrons. The van der Waals surface area contributed by atoms with Crippen LogP contribution < -0.4 is 5.32 Å². The Morgan fingerprint density at radius 1 is 1.23 bits per heavy atom. The van der Waals surface area contributed by atoms with E-state index in [9.17, 15) is 13.2 Å². The molecule has 0 unspecified atom stereocenters. The first kappa shape index (κ1) is 14.8. The van der Waals surface area contributed by atoms with E-state index in [1.165, 1.54) is 12.4 Å². The minimum absolute atomic E-state index is 0.495. The Balaban J connectivity index is 1.83. The number of fused-ring (bicyclic) bond motifs is 1. The topological polar surface area (TPSA) is 55.6 Å². The fraction of sp³-hybridized carbons (Fsp3) is 0.500. The van der Waals surface area contributed by atoms with Crippen molar-refractivity contribution in [1.82, 2.24) is 19.7 Å². The van der Waals surface area contributed by atoms with Crippen LogP contribution in [-0.4, -0.2) is 25.9 Å². The second-order valence-corrected chi connectivity index (χ2v) is 5.42. The average molecular weight is 311 g/mol. The van der Waals surface area contributed by atoms with Crippen molar-refractivity contribution in [3.05, 3.63) is 29.5 Å². The number of hydrogen-bond acceptors (Lipinski definition) is 4. The predicted molar refractivity (Wildman–Crippen MR) is 75.0 cm³/mol. The Labute approximate surface area is 125 Å². The normalized spacial score (nSPS) is 14.7. The van der Waals surface area contributed by atoms with Crippen LogP contribution in [0.1, 0.15) is 29.9 Å². The highest BCUT2D eigenvalue weighted by Crippen LogP contribution is 2.27. The Kier molecular flexibility index (Phi) is 3.76. The monoisotopic (exact) mass is 311 g/mol. The van der Waals surface area contributed by atoms with Gasteiger partial charge in [0, 0.05) is 17.5 Å². The maximum Gasteiger partial charge on any atom is 0.408 e. The molecule has 0 saturated carbocycles. The first-order valence-electron chi connectivity index (χ1n) is 7.13. The van der Waals surface area contributed by atoms with Gasteiger partial charge in [0.25, 0.3) is 0 Å². The Morgan fingerprint density at radius 3 is 2.77 bits per heavy atom. The SMILES string of the molecule is Cc1nc2c(c(Nc3cnn(CC(F)(F)F)c3)n1)CCCC2. The van der Waals surface area contributed by atoms with Crippen LogP contribution in [-0.2, 0) is 19.4 Å². The smallest absolute Gasteiger partial charge is 0.337 e. The molecular formula is C14H16F3N5. The van der Waals surface area contributed by atoms with Gasteiger partial charge in [-0.1, -0.05) is 0 Å². The molecule has 5 nitrogen and oxygen atoms in total. The van der Waals surface area contributed by atoms with Crippen molar-refractivity contribution >= 4 is 11.5 Å². The number of halogens is 3. The van der Waals surface area contributed by atoms with Crippen LogP contribution in [0, 0.1) is 6.92 Å². The van der Waals surface area contributed by atoms with Gasteiger partial charge in [-0.3, -0.25) is 4.68 Å². The van der Waals surface area contributed by atoms with E-state index in [-0.39, 0.29) is 0 Å². The molecule has 1 aliphatic carbocycles. The van der Waals surface area contributed by atoms with Crippen LogP contribution in [0.2, 0.25) is 0 Å². The molecule has 2 aromatic heterocycles. The summed E-state index contributed by atoms with van der Waals surface area (Å²) in [5.41, 5.74) is 2.58. The molecule has 3 rings (SSSR count). The molecule has 0 bridgehead atoms. The Bertz CT molecular complexity index is 678. The molecule has 118 valence electrons. The summed E-state index contributed by atoms with van der Waals surface area (Å²) in [6.45, 7) is 0.711. The minimum atomic E-state index is -4.28. The van der Waals surface area contributed by atoms with Gasteiger partial charge in [0.05, 0.1) is 11.9 Å². The van der Waals surface area contributed by atoms with E-state index < -0.39 is 12.7 Å². The third-order valence-electron chi connectivity index (χ3n) is 3.53. The van der Waals surface area contributed by atoms with Gasteiger partial charge >= 0.3 is 6.18 Å². The lowest BCUT2D eigenvalue weighted by Gasteiger charge is -2.18. The third kappa shape index (κ3) is 3.37. The van der Waals surface area contributed by atoms with E-state index in [1.807, 2.05) is 6.92 Å². The van der Waals surface area contributed by atoms with Crippen molar-refractivity contribution < 1.29 is 13.2 Å². The molecule has 0 aromatic carbocycles. The summed E-state index contributed by atoms with van der Waals surface area (Å²) < 4.78 is 37.9. The van der Waals surface area contributed by atoms with Crippen LogP contribution in [0.25, 0.3) is 0 Å². The largest absolute Gasteiger partial charge is 0.408 e. The zero-order valence-electron chi connectivity index (χ0n) is 12.1. The van der Waals surface area contributed by atoms with Crippen molar-refractivity contribution in [2.24, 2.45) is 0 Å². The molecule has 2 heterocycles. The van der Waals surface area contributed by atoms with Crippen LogP contribution in [0.4, 0.5) is 24.7 Å². The molecule has 0 atom stereocenters. The maximum absolute atomic E-state index is 12.4. The number of nitrogens with zero attached hydrogens (tertiary/aromatic N) is 4. The number of aryl methyl sites for hydroxylation is 2. The molecule has 0 saturated heterocycles.